The van der Waals surface area contributed by atoms with Crippen molar-refractivity contribution in [3.05, 3.63) is 47.5 Å². The second kappa shape index (κ2) is 8.41. The highest BCUT2D eigenvalue weighted by Crippen LogP contribution is 2.26. The molecule has 2 aromatic rings. The standard InChI is InChI=1S/C19H25N3O4S/c1-5-22(6-2)27(24,25)18-11-14(8-7-13(18)3)19(23)21-15-9-10-17(26-4)16(20)12-15/h7-12H,5-6,20H2,1-4H3,(H,21,23). The Balaban J connectivity index is 2.34. The van der Waals surface area contributed by atoms with Gasteiger partial charge in [-0.15, -0.1) is 0 Å². The number of nitrogens with two attached hydrogens (primary N) is 1. The summed E-state index contributed by atoms with van der Waals surface area (Å²) >= 11 is 0. The third-order valence-electron chi connectivity index (χ3n) is 4.26. The Morgan fingerprint density at radius 2 is 1.81 bits per heavy atom. The molecule has 2 aromatic carbocycles. The number of aryl methyl sites for hydroxylation is 1. The van der Waals surface area contributed by atoms with Crippen LogP contribution in [0.15, 0.2) is 41.3 Å². The number of carbonyl (C=O) groups excluding carboxylic acids is 1. The number of methoxy groups -OCH3 is 1. The van der Waals surface area contributed by atoms with Gasteiger partial charge in [0, 0.05) is 24.3 Å². The number of amides is 1. The van der Waals surface area contributed by atoms with Crippen molar-refractivity contribution in [2.75, 3.05) is 31.2 Å². The van der Waals surface area contributed by atoms with Gasteiger partial charge in [-0.05, 0) is 42.8 Å². The molecule has 0 unspecified atom stereocenters. The average molecular weight is 391 g/mol. The molecule has 0 aromatic heterocycles. The quantitative estimate of drug-likeness (QED) is 0.707. The van der Waals surface area contributed by atoms with Crippen LogP contribution in [0, 0.1) is 6.92 Å². The summed E-state index contributed by atoms with van der Waals surface area (Å²) in [4.78, 5) is 12.7. The summed E-state index contributed by atoms with van der Waals surface area (Å²) in [7, 11) is -2.15. The number of anilines is 2. The average Bonchev–Trinajstić information content (AvgIpc) is 2.62. The highest BCUT2D eigenvalue weighted by atomic mass is 32.2. The van der Waals surface area contributed by atoms with Crippen molar-refractivity contribution in [3.63, 3.8) is 0 Å². The molecule has 3 N–H and O–H groups in total. The molecule has 146 valence electrons. The first-order valence-electron chi connectivity index (χ1n) is 8.60. The maximum Gasteiger partial charge on any atom is 0.255 e. The minimum atomic E-state index is -3.66. The molecule has 8 heteroatoms. The Kier molecular flexibility index (Phi) is 6.45. The zero-order valence-corrected chi connectivity index (χ0v) is 16.8. The second-order valence-corrected chi connectivity index (χ2v) is 7.89. The van der Waals surface area contributed by atoms with E-state index in [2.05, 4.69) is 5.32 Å². The van der Waals surface area contributed by atoms with E-state index in [9.17, 15) is 13.2 Å². The van der Waals surface area contributed by atoms with E-state index in [1.807, 2.05) is 0 Å². The van der Waals surface area contributed by atoms with Crippen LogP contribution in [-0.2, 0) is 10.0 Å². The summed E-state index contributed by atoms with van der Waals surface area (Å²) < 4.78 is 32.1. The van der Waals surface area contributed by atoms with Crippen molar-refractivity contribution in [1.82, 2.24) is 4.31 Å². The Labute approximate surface area is 160 Å². The molecule has 0 heterocycles. The lowest BCUT2D eigenvalue weighted by Crippen LogP contribution is -2.31. The lowest BCUT2D eigenvalue weighted by Gasteiger charge is -2.20. The largest absolute Gasteiger partial charge is 0.495 e. The highest BCUT2D eigenvalue weighted by molar-refractivity contribution is 7.89. The van der Waals surface area contributed by atoms with Crippen LogP contribution in [0.4, 0.5) is 11.4 Å². The number of nitrogens with one attached hydrogen (secondary N) is 1. The predicted molar refractivity (Wildman–Crippen MR) is 107 cm³/mol. The van der Waals surface area contributed by atoms with Crippen molar-refractivity contribution in [2.45, 2.75) is 25.7 Å². The van der Waals surface area contributed by atoms with Gasteiger partial charge < -0.3 is 15.8 Å². The van der Waals surface area contributed by atoms with Gasteiger partial charge in [-0.25, -0.2) is 8.42 Å². The molecule has 0 aliphatic rings. The first-order chi connectivity index (χ1) is 12.7. The number of sulfonamides is 1. The molecule has 0 saturated heterocycles. The molecule has 2 rings (SSSR count). The maximum atomic E-state index is 12.8. The van der Waals surface area contributed by atoms with Crippen LogP contribution < -0.4 is 15.8 Å². The molecular weight excluding hydrogens is 366 g/mol. The molecule has 0 aliphatic carbocycles. The summed E-state index contributed by atoms with van der Waals surface area (Å²) in [5.74, 6) is 0.0894. The van der Waals surface area contributed by atoms with Crippen LogP contribution >= 0.6 is 0 Å². The Morgan fingerprint density at radius 1 is 1.15 bits per heavy atom. The minimum Gasteiger partial charge on any atom is -0.495 e. The van der Waals surface area contributed by atoms with Gasteiger partial charge >= 0.3 is 0 Å². The SMILES string of the molecule is CCN(CC)S(=O)(=O)c1cc(C(=O)Nc2ccc(OC)c(N)c2)ccc1C. The third kappa shape index (κ3) is 4.40. The van der Waals surface area contributed by atoms with Crippen molar-refractivity contribution < 1.29 is 17.9 Å². The van der Waals surface area contributed by atoms with E-state index in [4.69, 9.17) is 10.5 Å². The molecule has 0 atom stereocenters. The van der Waals surface area contributed by atoms with Gasteiger partial charge in [0.25, 0.3) is 5.91 Å². The predicted octanol–water partition coefficient (Wildman–Crippen LogP) is 2.87. The van der Waals surface area contributed by atoms with Gasteiger partial charge in [0.2, 0.25) is 10.0 Å². The number of hydrogen-bond acceptors (Lipinski definition) is 5. The van der Waals surface area contributed by atoms with Gasteiger partial charge in [-0.3, -0.25) is 4.79 Å². The van der Waals surface area contributed by atoms with Crippen LogP contribution in [-0.4, -0.2) is 38.8 Å². The van der Waals surface area contributed by atoms with Gasteiger partial charge in [0.15, 0.2) is 0 Å². The molecule has 1 amide bonds. The van der Waals surface area contributed by atoms with Crippen molar-refractivity contribution in [1.29, 1.82) is 0 Å². The van der Waals surface area contributed by atoms with Crippen LogP contribution in [0.2, 0.25) is 0 Å². The topological polar surface area (TPSA) is 102 Å². The Morgan fingerprint density at radius 3 is 2.37 bits per heavy atom. The minimum absolute atomic E-state index is 0.132. The molecule has 0 aliphatic heterocycles. The van der Waals surface area contributed by atoms with E-state index in [1.54, 1.807) is 51.1 Å². The molecule has 0 fully saturated rings. The molecular formula is C19H25N3O4S. The number of ether oxygens (including phenoxy) is 1. The molecule has 0 bridgehead atoms. The van der Waals surface area contributed by atoms with Crippen molar-refractivity contribution in [3.8, 4) is 5.75 Å². The van der Waals surface area contributed by atoms with Crippen molar-refractivity contribution >= 4 is 27.3 Å². The third-order valence-corrected chi connectivity index (χ3v) is 6.45. The monoisotopic (exact) mass is 391 g/mol. The zero-order chi connectivity index (χ0) is 20.2. The van der Waals surface area contributed by atoms with Crippen LogP contribution in [0.25, 0.3) is 0 Å². The molecule has 0 spiro atoms. The molecule has 0 saturated carbocycles. The fourth-order valence-electron chi connectivity index (χ4n) is 2.74. The van der Waals surface area contributed by atoms with Crippen LogP contribution in [0.5, 0.6) is 5.75 Å². The number of nitrogen functional groups attached to an aromatic ring is 1. The van der Waals surface area contributed by atoms with E-state index < -0.39 is 15.9 Å². The zero-order valence-electron chi connectivity index (χ0n) is 15.9. The fourth-order valence-corrected chi connectivity index (χ4v) is 4.45. The molecule has 7 nitrogen and oxygen atoms in total. The first-order valence-corrected chi connectivity index (χ1v) is 10.0. The van der Waals surface area contributed by atoms with E-state index >= 15 is 0 Å². The number of rotatable bonds is 7. The summed E-state index contributed by atoms with van der Waals surface area (Å²) in [6.45, 7) is 5.99. The summed E-state index contributed by atoms with van der Waals surface area (Å²) in [5.41, 5.74) is 7.58. The highest BCUT2D eigenvalue weighted by Gasteiger charge is 2.24. The Hall–Kier alpha value is -2.58. The molecule has 0 radical (unpaired) electrons. The number of hydrogen-bond donors (Lipinski definition) is 2. The van der Waals surface area contributed by atoms with E-state index in [0.717, 1.165) is 0 Å². The first kappa shape index (κ1) is 20.7. The van der Waals surface area contributed by atoms with Gasteiger partial charge in [-0.2, -0.15) is 4.31 Å². The lowest BCUT2D eigenvalue weighted by atomic mass is 10.1. The lowest BCUT2D eigenvalue weighted by molar-refractivity contribution is 0.102. The fraction of sp³-hybridized carbons (Fsp3) is 0.316. The second-order valence-electron chi connectivity index (χ2n) is 5.98. The number of nitrogens with zero attached hydrogens (tertiary/aromatic N) is 1. The van der Waals surface area contributed by atoms with Gasteiger partial charge in [0.05, 0.1) is 17.7 Å². The summed E-state index contributed by atoms with van der Waals surface area (Å²) in [5, 5.41) is 2.72. The van der Waals surface area contributed by atoms with Gasteiger partial charge in [0.1, 0.15) is 5.75 Å². The maximum absolute atomic E-state index is 12.8. The number of carbonyl (C=O) groups is 1. The normalized spacial score (nSPS) is 11.4. The van der Waals surface area contributed by atoms with Gasteiger partial charge in [-0.1, -0.05) is 19.9 Å². The molecule has 27 heavy (non-hydrogen) atoms. The van der Waals surface area contributed by atoms with E-state index in [1.165, 1.54) is 17.5 Å². The number of benzene rings is 2. The summed E-state index contributed by atoms with van der Waals surface area (Å²) in [6.07, 6.45) is 0. The van der Waals surface area contributed by atoms with E-state index in [-0.39, 0.29) is 10.5 Å². The van der Waals surface area contributed by atoms with Crippen LogP contribution in [0.1, 0.15) is 29.8 Å². The van der Waals surface area contributed by atoms with E-state index in [0.29, 0.717) is 35.8 Å². The van der Waals surface area contributed by atoms with Crippen molar-refractivity contribution in [2.24, 2.45) is 0 Å². The van der Waals surface area contributed by atoms with Crippen LogP contribution in [0.3, 0.4) is 0 Å². The smallest absolute Gasteiger partial charge is 0.255 e. The summed E-state index contributed by atoms with van der Waals surface area (Å²) in [6, 6.07) is 9.53. The Bertz CT molecular complexity index is 938.